The van der Waals surface area contributed by atoms with Crippen molar-refractivity contribution in [2.45, 2.75) is 10.9 Å². The fourth-order valence-electron chi connectivity index (χ4n) is 3.04. The van der Waals surface area contributed by atoms with Gasteiger partial charge in [-0.2, -0.15) is 0 Å². The highest BCUT2D eigenvalue weighted by atomic mass is 32.2. The molecule has 0 bridgehead atoms. The van der Waals surface area contributed by atoms with E-state index in [9.17, 15) is 8.42 Å². The number of nitrogens with one attached hydrogen (secondary N) is 2. The van der Waals surface area contributed by atoms with E-state index in [4.69, 9.17) is 4.74 Å². The summed E-state index contributed by atoms with van der Waals surface area (Å²) in [5, 5.41) is 0. The maximum absolute atomic E-state index is 12.5. The van der Waals surface area contributed by atoms with Gasteiger partial charge in [0.2, 0.25) is 10.0 Å². The smallest absolute Gasteiger partial charge is 0.240 e. The van der Waals surface area contributed by atoms with Crippen LogP contribution in [0, 0.1) is 0 Å². The highest BCUT2D eigenvalue weighted by Crippen LogP contribution is 2.12. The maximum atomic E-state index is 12.5. The minimum absolute atomic E-state index is 0.0774. The molecule has 1 heterocycles. The number of hydrogen-bond acceptors (Lipinski definition) is 3. The Hall–Kier alpha value is -1.73. The average Bonchev–Trinajstić information content (AvgIpc) is 2.64. The summed E-state index contributed by atoms with van der Waals surface area (Å²) in [6, 6.07) is 18.7. The molecule has 2 aromatic rings. The van der Waals surface area contributed by atoms with Gasteiger partial charge >= 0.3 is 0 Å². The molecule has 128 valence electrons. The molecule has 0 aromatic heterocycles. The van der Waals surface area contributed by atoms with E-state index in [1.807, 2.05) is 24.3 Å². The number of sulfonamides is 1. The van der Waals surface area contributed by atoms with Crippen LogP contribution in [0.15, 0.2) is 65.6 Å². The minimum atomic E-state index is -3.50. The normalized spacial score (nSPS) is 17.5. The van der Waals surface area contributed by atoms with Crippen LogP contribution >= 0.6 is 0 Å². The second kappa shape index (κ2) is 7.90. The maximum Gasteiger partial charge on any atom is 0.240 e. The molecule has 6 heteroatoms. The zero-order chi connectivity index (χ0) is 16.8. The molecule has 0 amide bonds. The van der Waals surface area contributed by atoms with Crippen LogP contribution in [0.3, 0.4) is 0 Å². The molecular weight excluding hydrogens is 324 g/mol. The standard InChI is InChI=1S/C18H22N2O3S/c21-24(22,17-9-5-2-6-10-17)19-15-18(16-7-3-1-4-8-16)20-11-13-23-14-12-20/h1-10,18-19H,11-15H2/p+1. The number of hydrogen-bond donors (Lipinski definition) is 2. The Labute approximate surface area is 143 Å². The molecule has 0 saturated carbocycles. The first kappa shape index (κ1) is 17.1. The lowest BCUT2D eigenvalue weighted by Gasteiger charge is -2.31. The lowest BCUT2D eigenvalue weighted by atomic mass is 10.1. The van der Waals surface area contributed by atoms with Crippen molar-refractivity contribution in [3.8, 4) is 0 Å². The first-order chi connectivity index (χ1) is 11.7. The van der Waals surface area contributed by atoms with E-state index in [1.54, 1.807) is 24.3 Å². The lowest BCUT2D eigenvalue weighted by Crippen LogP contribution is -3.15. The van der Waals surface area contributed by atoms with Crippen molar-refractivity contribution < 1.29 is 18.1 Å². The van der Waals surface area contributed by atoms with E-state index in [0.29, 0.717) is 24.7 Å². The number of morpholine rings is 1. The Morgan fingerprint density at radius 3 is 2.17 bits per heavy atom. The molecule has 2 N–H and O–H groups in total. The third-order valence-corrected chi connectivity index (χ3v) is 5.80. The molecule has 0 spiro atoms. The van der Waals surface area contributed by atoms with Gasteiger partial charge in [-0.15, -0.1) is 0 Å². The predicted molar refractivity (Wildman–Crippen MR) is 92.3 cm³/mol. The summed E-state index contributed by atoms with van der Waals surface area (Å²) in [5.41, 5.74) is 1.14. The fourth-order valence-corrected chi connectivity index (χ4v) is 4.11. The zero-order valence-corrected chi connectivity index (χ0v) is 14.3. The summed E-state index contributed by atoms with van der Waals surface area (Å²) < 4.78 is 33.2. The third kappa shape index (κ3) is 4.21. The van der Waals surface area contributed by atoms with Crippen molar-refractivity contribution in [1.29, 1.82) is 0 Å². The largest absolute Gasteiger partial charge is 0.370 e. The summed E-state index contributed by atoms with van der Waals surface area (Å²) in [7, 11) is -3.50. The van der Waals surface area contributed by atoms with Gasteiger partial charge in [0, 0.05) is 5.56 Å². The fraction of sp³-hybridized carbons (Fsp3) is 0.333. The van der Waals surface area contributed by atoms with Crippen LogP contribution in [0.1, 0.15) is 11.6 Å². The molecule has 1 aliphatic heterocycles. The van der Waals surface area contributed by atoms with Crippen molar-refractivity contribution in [2.75, 3.05) is 32.8 Å². The van der Waals surface area contributed by atoms with Crippen molar-refractivity contribution >= 4 is 10.0 Å². The van der Waals surface area contributed by atoms with Crippen LogP contribution in [0.2, 0.25) is 0 Å². The second-order valence-electron chi connectivity index (χ2n) is 5.90. The Morgan fingerprint density at radius 2 is 1.54 bits per heavy atom. The summed E-state index contributed by atoms with van der Waals surface area (Å²) in [6.07, 6.45) is 0. The Morgan fingerprint density at radius 1 is 0.958 bits per heavy atom. The molecule has 1 aliphatic rings. The molecule has 3 rings (SSSR count). The van der Waals surface area contributed by atoms with Crippen molar-refractivity contribution in [1.82, 2.24) is 4.72 Å². The lowest BCUT2D eigenvalue weighted by molar-refractivity contribution is -0.937. The molecule has 24 heavy (non-hydrogen) atoms. The van der Waals surface area contributed by atoms with E-state index in [0.717, 1.165) is 18.7 Å². The van der Waals surface area contributed by atoms with Gasteiger partial charge in [0.15, 0.2) is 0 Å². The summed E-state index contributed by atoms with van der Waals surface area (Å²) >= 11 is 0. The van der Waals surface area contributed by atoms with Crippen LogP contribution in [-0.4, -0.2) is 41.3 Å². The van der Waals surface area contributed by atoms with Gasteiger partial charge < -0.3 is 9.64 Å². The predicted octanol–water partition coefficient (Wildman–Crippen LogP) is 0.621. The quantitative estimate of drug-likeness (QED) is 0.805. The topological polar surface area (TPSA) is 59.8 Å². The van der Waals surface area contributed by atoms with Gasteiger partial charge in [0.05, 0.1) is 24.7 Å². The zero-order valence-electron chi connectivity index (χ0n) is 13.5. The average molecular weight is 347 g/mol. The Kier molecular flexibility index (Phi) is 5.63. The number of benzene rings is 2. The molecule has 1 saturated heterocycles. The Balaban J connectivity index is 1.77. The number of ether oxygens (including phenoxy) is 1. The molecule has 0 aliphatic carbocycles. The summed E-state index contributed by atoms with van der Waals surface area (Å²) in [6.45, 7) is 3.56. The highest BCUT2D eigenvalue weighted by Gasteiger charge is 2.28. The van der Waals surface area contributed by atoms with Crippen LogP contribution in [0.4, 0.5) is 0 Å². The van der Waals surface area contributed by atoms with E-state index in [2.05, 4.69) is 16.9 Å². The van der Waals surface area contributed by atoms with E-state index >= 15 is 0 Å². The van der Waals surface area contributed by atoms with E-state index in [1.165, 1.54) is 4.90 Å². The monoisotopic (exact) mass is 347 g/mol. The van der Waals surface area contributed by atoms with Crippen molar-refractivity contribution in [3.05, 3.63) is 66.2 Å². The van der Waals surface area contributed by atoms with Gasteiger partial charge in [-0.1, -0.05) is 48.5 Å². The first-order valence-corrected chi connectivity index (χ1v) is 9.67. The molecule has 1 atom stereocenters. The summed E-state index contributed by atoms with van der Waals surface area (Å²) in [5.74, 6) is 0. The molecule has 5 nitrogen and oxygen atoms in total. The van der Waals surface area contributed by atoms with Crippen LogP contribution in [0.25, 0.3) is 0 Å². The molecule has 1 fully saturated rings. The van der Waals surface area contributed by atoms with Gasteiger partial charge in [-0.05, 0) is 12.1 Å². The van der Waals surface area contributed by atoms with Crippen LogP contribution < -0.4 is 9.62 Å². The highest BCUT2D eigenvalue weighted by molar-refractivity contribution is 7.89. The Bertz CT molecular complexity index is 729. The van der Waals surface area contributed by atoms with Gasteiger partial charge in [-0.25, -0.2) is 13.1 Å². The van der Waals surface area contributed by atoms with Gasteiger partial charge in [0.1, 0.15) is 19.1 Å². The van der Waals surface area contributed by atoms with Crippen molar-refractivity contribution in [2.24, 2.45) is 0 Å². The molecule has 2 aromatic carbocycles. The van der Waals surface area contributed by atoms with Gasteiger partial charge in [-0.3, -0.25) is 0 Å². The summed E-state index contributed by atoms with van der Waals surface area (Å²) in [4.78, 5) is 1.65. The molecular formula is C18H23N2O3S+. The van der Waals surface area contributed by atoms with Crippen LogP contribution in [-0.2, 0) is 14.8 Å². The van der Waals surface area contributed by atoms with E-state index < -0.39 is 10.0 Å². The van der Waals surface area contributed by atoms with Gasteiger partial charge in [0.25, 0.3) is 0 Å². The molecule has 0 radical (unpaired) electrons. The third-order valence-electron chi connectivity index (χ3n) is 4.36. The number of rotatable bonds is 6. The minimum Gasteiger partial charge on any atom is -0.370 e. The van der Waals surface area contributed by atoms with Crippen molar-refractivity contribution in [3.63, 3.8) is 0 Å². The molecule has 1 unspecified atom stereocenters. The SMILES string of the molecule is O=S(=O)(NCC(c1ccccc1)[NH+]1CCOCC1)c1ccccc1. The van der Waals surface area contributed by atoms with Crippen LogP contribution in [0.5, 0.6) is 0 Å². The number of quaternary nitrogens is 1. The second-order valence-corrected chi connectivity index (χ2v) is 7.67. The van der Waals surface area contributed by atoms with E-state index in [-0.39, 0.29) is 6.04 Å². The first-order valence-electron chi connectivity index (χ1n) is 8.19.